The number of aromatic nitrogens is 1. The molecule has 1 aliphatic carbocycles. The van der Waals surface area contributed by atoms with Crippen LogP contribution in [0, 0.1) is 23.5 Å². The minimum atomic E-state index is -0.670. The van der Waals surface area contributed by atoms with Crippen LogP contribution >= 0.6 is 0 Å². The van der Waals surface area contributed by atoms with Crippen LogP contribution in [0.5, 0.6) is 0 Å². The maximum absolute atomic E-state index is 13.7. The highest BCUT2D eigenvalue weighted by atomic mass is 19.1. The zero-order chi connectivity index (χ0) is 14.0. The highest BCUT2D eigenvalue weighted by Crippen LogP contribution is 2.31. The highest BCUT2D eigenvalue weighted by molar-refractivity contribution is 5.47. The third kappa shape index (κ3) is 3.33. The van der Waals surface area contributed by atoms with E-state index in [2.05, 4.69) is 29.5 Å². The second kappa shape index (κ2) is 5.72. The van der Waals surface area contributed by atoms with E-state index < -0.39 is 11.6 Å². The first-order valence-corrected chi connectivity index (χ1v) is 6.80. The van der Waals surface area contributed by atoms with Gasteiger partial charge in [0.2, 0.25) is 0 Å². The molecule has 5 heteroatoms. The average molecular weight is 269 g/mol. The van der Waals surface area contributed by atoms with Crippen molar-refractivity contribution in [2.45, 2.75) is 39.2 Å². The lowest BCUT2D eigenvalue weighted by Crippen LogP contribution is -2.31. The average Bonchev–Trinajstić information content (AvgIpc) is 2.31. The molecule has 2 rings (SSSR count). The highest BCUT2D eigenvalue weighted by Gasteiger charge is 2.25. The second-order valence-corrected chi connectivity index (χ2v) is 5.66. The number of anilines is 2. The predicted octanol–water partition coefficient (Wildman–Crippen LogP) is 3.64. The van der Waals surface area contributed by atoms with Gasteiger partial charge in [-0.1, -0.05) is 13.8 Å². The Hall–Kier alpha value is -1.39. The molecule has 1 saturated carbocycles. The van der Waals surface area contributed by atoms with Crippen molar-refractivity contribution < 1.29 is 8.78 Å². The number of rotatable bonds is 3. The van der Waals surface area contributed by atoms with E-state index in [-0.39, 0.29) is 17.7 Å². The smallest absolute Gasteiger partial charge is 0.168 e. The van der Waals surface area contributed by atoms with Gasteiger partial charge in [0.25, 0.3) is 0 Å². The van der Waals surface area contributed by atoms with E-state index in [1.54, 1.807) is 7.05 Å². The molecule has 0 spiro atoms. The van der Waals surface area contributed by atoms with Crippen molar-refractivity contribution in [2.75, 3.05) is 17.7 Å². The van der Waals surface area contributed by atoms with Crippen molar-refractivity contribution in [1.29, 1.82) is 0 Å². The minimum Gasteiger partial charge on any atom is -0.371 e. The molecular weight excluding hydrogens is 248 g/mol. The molecule has 2 unspecified atom stereocenters. The van der Waals surface area contributed by atoms with Gasteiger partial charge in [-0.05, 0) is 31.1 Å². The Morgan fingerprint density at radius 3 is 2.21 bits per heavy atom. The summed E-state index contributed by atoms with van der Waals surface area (Å²) in [5.74, 6) is 0.137. The third-order valence-corrected chi connectivity index (χ3v) is 3.69. The lowest BCUT2D eigenvalue weighted by atomic mass is 9.80. The second-order valence-electron chi connectivity index (χ2n) is 5.66. The number of hydrogen-bond donors (Lipinski definition) is 2. The fourth-order valence-corrected chi connectivity index (χ4v) is 3.00. The zero-order valence-corrected chi connectivity index (χ0v) is 11.6. The molecule has 1 aromatic heterocycles. The third-order valence-electron chi connectivity index (χ3n) is 3.69. The Morgan fingerprint density at radius 2 is 1.63 bits per heavy atom. The maximum atomic E-state index is 13.7. The topological polar surface area (TPSA) is 37.0 Å². The van der Waals surface area contributed by atoms with Crippen LogP contribution < -0.4 is 10.6 Å². The Balaban J connectivity index is 2.14. The van der Waals surface area contributed by atoms with Gasteiger partial charge >= 0.3 is 0 Å². The van der Waals surface area contributed by atoms with Crippen LogP contribution in [0.25, 0.3) is 0 Å². The number of pyridine rings is 1. The molecule has 3 nitrogen and oxygen atoms in total. The van der Waals surface area contributed by atoms with Crippen LogP contribution in [0.3, 0.4) is 0 Å². The van der Waals surface area contributed by atoms with E-state index in [0.29, 0.717) is 11.8 Å². The largest absolute Gasteiger partial charge is 0.371 e. The van der Waals surface area contributed by atoms with Crippen LogP contribution in [0.1, 0.15) is 33.1 Å². The van der Waals surface area contributed by atoms with Crippen LogP contribution in [0.2, 0.25) is 0 Å². The van der Waals surface area contributed by atoms with Gasteiger partial charge in [-0.3, -0.25) is 0 Å². The Kier molecular flexibility index (Phi) is 4.22. The summed E-state index contributed by atoms with van der Waals surface area (Å²) in [6, 6.07) is 1.08. The minimum absolute atomic E-state index is 0.0702. The standard InChI is InChI=1S/C14H21F2N3/c1-8-4-9(2)6-10(5-8)18-14-12(16)7-11(15)13(17-3)19-14/h7-10H,4-6H2,1-3H3,(H2,17,18,19). The van der Waals surface area contributed by atoms with Crippen molar-refractivity contribution >= 4 is 11.6 Å². The van der Waals surface area contributed by atoms with Crippen LogP contribution in [-0.4, -0.2) is 18.1 Å². The predicted molar refractivity (Wildman–Crippen MR) is 73.3 cm³/mol. The summed E-state index contributed by atoms with van der Waals surface area (Å²) in [6.07, 6.45) is 3.20. The zero-order valence-electron chi connectivity index (χ0n) is 11.6. The lowest BCUT2D eigenvalue weighted by Gasteiger charge is -2.32. The molecule has 1 heterocycles. The molecule has 0 aromatic carbocycles. The molecule has 19 heavy (non-hydrogen) atoms. The summed E-state index contributed by atoms with van der Waals surface area (Å²) in [7, 11) is 1.57. The van der Waals surface area contributed by atoms with Crippen LogP contribution in [-0.2, 0) is 0 Å². The van der Waals surface area contributed by atoms with E-state index in [9.17, 15) is 8.78 Å². The first-order valence-electron chi connectivity index (χ1n) is 6.80. The first-order chi connectivity index (χ1) is 8.99. The summed E-state index contributed by atoms with van der Waals surface area (Å²) < 4.78 is 27.1. The Morgan fingerprint density at radius 1 is 1.05 bits per heavy atom. The molecule has 2 atom stereocenters. The van der Waals surface area contributed by atoms with Gasteiger partial charge in [0.15, 0.2) is 23.3 Å². The van der Waals surface area contributed by atoms with Gasteiger partial charge in [0.05, 0.1) is 0 Å². The van der Waals surface area contributed by atoms with E-state index >= 15 is 0 Å². The first kappa shape index (κ1) is 14.0. The van der Waals surface area contributed by atoms with Crippen molar-refractivity contribution in [1.82, 2.24) is 4.98 Å². The molecule has 0 saturated heterocycles. The fraction of sp³-hybridized carbons (Fsp3) is 0.643. The van der Waals surface area contributed by atoms with E-state index in [0.717, 1.165) is 18.9 Å². The number of hydrogen-bond acceptors (Lipinski definition) is 3. The van der Waals surface area contributed by atoms with E-state index in [1.807, 2.05) is 0 Å². The van der Waals surface area contributed by atoms with Gasteiger partial charge in [-0.15, -0.1) is 0 Å². The van der Waals surface area contributed by atoms with Gasteiger partial charge in [-0.25, -0.2) is 13.8 Å². The van der Waals surface area contributed by atoms with Crippen LogP contribution in [0.4, 0.5) is 20.4 Å². The van der Waals surface area contributed by atoms with Gasteiger partial charge in [0.1, 0.15) is 0 Å². The molecule has 0 amide bonds. The summed E-state index contributed by atoms with van der Waals surface area (Å²) in [5.41, 5.74) is 0. The van der Waals surface area contributed by atoms with Gasteiger partial charge < -0.3 is 10.6 Å². The number of nitrogens with one attached hydrogen (secondary N) is 2. The lowest BCUT2D eigenvalue weighted by molar-refractivity contribution is 0.280. The van der Waals surface area contributed by atoms with Gasteiger partial charge in [0, 0.05) is 19.2 Å². The Labute approximate surface area is 112 Å². The molecule has 2 N–H and O–H groups in total. The number of halogens is 2. The SMILES string of the molecule is CNc1nc(NC2CC(C)CC(C)C2)c(F)cc1F. The summed E-state index contributed by atoms with van der Waals surface area (Å²) in [5, 5.41) is 5.74. The molecule has 1 aliphatic rings. The molecule has 0 aliphatic heterocycles. The number of nitrogens with zero attached hydrogens (tertiary/aromatic N) is 1. The van der Waals surface area contributed by atoms with Crippen LogP contribution in [0.15, 0.2) is 6.07 Å². The molecule has 0 radical (unpaired) electrons. The van der Waals surface area contributed by atoms with E-state index in [4.69, 9.17) is 0 Å². The summed E-state index contributed by atoms with van der Waals surface area (Å²) >= 11 is 0. The van der Waals surface area contributed by atoms with E-state index in [1.165, 1.54) is 6.42 Å². The van der Waals surface area contributed by atoms with Crippen molar-refractivity contribution in [2.24, 2.45) is 11.8 Å². The monoisotopic (exact) mass is 269 g/mol. The summed E-state index contributed by atoms with van der Waals surface area (Å²) in [6.45, 7) is 4.41. The molecule has 0 bridgehead atoms. The maximum Gasteiger partial charge on any atom is 0.168 e. The van der Waals surface area contributed by atoms with Crippen molar-refractivity contribution in [3.05, 3.63) is 17.7 Å². The Bertz CT molecular complexity index is 441. The molecule has 1 aromatic rings. The normalized spacial score (nSPS) is 27.1. The van der Waals surface area contributed by atoms with Gasteiger partial charge in [-0.2, -0.15) is 0 Å². The van der Waals surface area contributed by atoms with Crippen molar-refractivity contribution in [3.63, 3.8) is 0 Å². The van der Waals surface area contributed by atoms with Crippen molar-refractivity contribution in [3.8, 4) is 0 Å². The molecule has 1 fully saturated rings. The fourth-order valence-electron chi connectivity index (χ4n) is 3.00. The molecule has 106 valence electrons. The summed E-state index contributed by atoms with van der Waals surface area (Å²) in [4.78, 5) is 3.96. The molecular formula is C14H21F2N3. The quantitative estimate of drug-likeness (QED) is 0.879.